The Labute approximate surface area is 169 Å². The molecular weight excluding hydrogens is 371 g/mol. The van der Waals surface area contributed by atoms with Gasteiger partial charge in [0.15, 0.2) is 0 Å². The van der Waals surface area contributed by atoms with Crippen LogP contribution in [0.25, 0.3) is 16.9 Å². The van der Waals surface area contributed by atoms with Crippen LogP contribution in [0.15, 0.2) is 60.7 Å². The molecular formula is C22H23FN4O2. The first-order valence-corrected chi connectivity index (χ1v) is 9.50. The lowest BCUT2D eigenvalue weighted by Crippen LogP contribution is -2.37. The number of likely N-dealkylation sites (N-methyl/N-ethyl adjacent to an activating group) is 1. The van der Waals surface area contributed by atoms with Crippen LogP contribution in [0.3, 0.4) is 0 Å². The van der Waals surface area contributed by atoms with Crippen LogP contribution in [0.1, 0.15) is 20.3 Å². The first-order valence-electron chi connectivity index (χ1n) is 9.50. The van der Waals surface area contributed by atoms with E-state index in [1.807, 2.05) is 37.3 Å². The number of aromatic nitrogens is 2. The van der Waals surface area contributed by atoms with Crippen molar-refractivity contribution in [2.75, 3.05) is 18.4 Å². The van der Waals surface area contributed by atoms with Crippen molar-refractivity contribution < 1.29 is 14.0 Å². The predicted octanol–water partition coefficient (Wildman–Crippen LogP) is 3.88. The van der Waals surface area contributed by atoms with Crippen molar-refractivity contribution in [3.8, 4) is 16.9 Å². The van der Waals surface area contributed by atoms with Crippen molar-refractivity contribution in [3.63, 3.8) is 0 Å². The molecule has 0 saturated heterocycles. The zero-order valence-corrected chi connectivity index (χ0v) is 16.4. The molecule has 1 heterocycles. The van der Waals surface area contributed by atoms with Gasteiger partial charge in [-0.1, -0.05) is 37.3 Å². The number of rotatable bonds is 7. The van der Waals surface area contributed by atoms with Gasteiger partial charge in [0.25, 0.3) is 0 Å². The standard InChI is InChI=1S/C22H23FN4O2/c1-3-22(29)26(4-2)15-21(28)24-20-14-19(16-8-6-5-7-9-16)25-27(20)18-12-10-17(23)11-13-18/h5-14H,3-4,15H2,1-2H3,(H,24,28). The Balaban J connectivity index is 1.91. The van der Waals surface area contributed by atoms with E-state index in [2.05, 4.69) is 10.4 Å². The van der Waals surface area contributed by atoms with Crippen LogP contribution in [0.2, 0.25) is 0 Å². The van der Waals surface area contributed by atoms with Gasteiger partial charge in [-0.3, -0.25) is 9.59 Å². The van der Waals surface area contributed by atoms with Gasteiger partial charge in [0.2, 0.25) is 11.8 Å². The van der Waals surface area contributed by atoms with Crippen LogP contribution in [-0.4, -0.2) is 39.6 Å². The van der Waals surface area contributed by atoms with Crippen molar-refractivity contribution in [2.24, 2.45) is 0 Å². The summed E-state index contributed by atoms with van der Waals surface area (Å²) in [6.07, 6.45) is 0.340. The highest BCUT2D eigenvalue weighted by Gasteiger charge is 2.17. The number of amides is 2. The minimum absolute atomic E-state index is 0.0432. The third kappa shape index (κ3) is 4.87. The highest BCUT2D eigenvalue weighted by Crippen LogP contribution is 2.25. The van der Waals surface area contributed by atoms with E-state index >= 15 is 0 Å². The molecule has 0 aliphatic rings. The van der Waals surface area contributed by atoms with Crippen molar-refractivity contribution >= 4 is 17.6 Å². The number of benzene rings is 2. The molecule has 7 heteroatoms. The molecule has 0 aliphatic heterocycles. The van der Waals surface area contributed by atoms with Gasteiger partial charge in [0, 0.05) is 24.6 Å². The van der Waals surface area contributed by atoms with Crippen LogP contribution in [0, 0.1) is 5.82 Å². The Hall–Kier alpha value is -3.48. The van der Waals surface area contributed by atoms with E-state index in [0.717, 1.165) is 5.56 Å². The van der Waals surface area contributed by atoms with E-state index in [4.69, 9.17) is 0 Å². The highest BCUT2D eigenvalue weighted by molar-refractivity contribution is 5.94. The van der Waals surface area contributed by atoms with Crippen molar-refractivity contribution in [3.05, 3.63) is 66.5 Å². The lowest BCUT2D eigenvalue weighted by Gasteiger charge is -2.19. The first-order chi connectivity index (χ1) is 14.0. The third-order valence-corrected chi connectivity index (χ3v) is 4.49. The van der Waals surface area contributed by atoms with Crippen LogP contribution in [0.4, 0.5) is 10.2 Å². The molecule has 150 valence electrons. The smallest absolute Gasteiger partial charge is 0.245 e. The second-order valence-corrected chi connectivity index (χ2v) is 6.48. The molecule has 0 atom stereocenters. The van der Waals surface area contributed by atoms with Gasteiger partial charge in [-0.25, -0.2) is 9.07 Å². The Bertz CT molecular complexity index is 984. The van der Waals surface area contributed by atoms with Crippen LogP contribution >= 0.6 is 0 Å². The number of hydrogen-bond donors (Lipinski definition) is 1. The summed E-state index contributed by atoms with van der Waals surface area (Å²) < 4.78 is 14.9. The SMILES string of the molecule is CCC(=O)N(CC)CC(=O)Nc1cc(-c2ccccc2)nn1-c1ccc(F)cc1. The summed E-state index contributed by atoms with van der Waals surface area (Å²) in [5, 5.41) is 7.41. The predicted molar refractivity (Wildman–Crippen MR) is 110 cm³/mol. The molecule has 29 heavy (non-hydrogen) atoms. The van der Waals surface area contributed by atoms with E-state index in [1.165, 1.54) is 17.0 Å². The van der Waals surface area contributed by atoms with Crippen LogP contribution in [-0.2, 0) is 9.59 Å². The summed E-state index contributed by atoms with van der Waals surface area (Å²) >= 11 is 0. The molecule has 3 rings (SSSR count). The van der Waals surface area contributed by atoms with E-state index in [1.54, 1.807) is 29.8 Å². The van der Waals surface area contributed by atoms with E-state index in [0.29, 0.717) is 30.2 Å². The average Bonchev–Trinajstić information content (AvgIpc) is 3.16. The number of carbonyl (C=O) groups is 2. The molecule has 6 nitrogen and oxygen atoms in total. The largest absolute Gasteiger partial charge is 0.334 e. The molecule has 2 aromatic carbocycles. The lowest BCUT2D eigenvalue weighted by molar-refractivity contribution is -0.134. The van der Waals surface area contributed by atoms with Crippen LogP contribution < -0.4 is 5.32 Å². The monoisotopic (exact) mass is 394 g/mol. The Morgan fingerprint density at radius 2 is 1.76 bits per heavy atom. The average molecular weight is 394 g/mol. The lowest BCUT2D eigenvalue weighted by atomic mass is 10.1. The number of halogens is 1. The summed E-state index contributed by atoms with van der Waals surface area (Å²) in [5.41, 5.74) is 2.17. The molecule has 0 aliphatic carbocycles. The van der Waals surface area contributed by atoms with Crippen molar-refractivity contribution in [1.29, 1.82) is 0 Å². The molecule has 0 radical (unpaired) electrons. The fourth-order valence-corrected chi connectivity index (χ4v) is 2.95. The summed E-state index contributed by atoms with van der Waals surface area (Å²) in [4.78, 5) is 26.0. The van der Waals surface area contributed by atoms with Gasteiger partial charge >= 0.3 is 0 Å². The Kier molecular flexibility index (Phi) is 6.39. The van der Waals surface area contributed by atoms with E-state index in [-0.39, 0.29) is 24.2 Å². The van der Waals surface area contributed by atoms with Gasteiger partial charge in [-0.2, -0.15) is 5.10 Å². The number of carbonyl (C=O) groups excluding carboxylic acids is 2. The summed E-state index contributed by atoms with van der Waals surface area (Å²) in [6, 6.07) is 17.2. The zero-order chi connectivity index (χ0) is 20.8. The molecule has 0 bridgehead atoms. The minimum Gasteiger partial charge on any atom is -0.334 e. The maximum absolute atomic E-state index is 13.3. The summed E-state index contributed by atoms with van der Waals surface area (Å²) in [6.45, 7) is 4.00. The molecule has 0 saturated carbocycles. The molecule has 1 N–H and O–H groups in total. The van der Waals surface area contributed by atoms with Gasteiger partial charge in [0.05, 0.1) is 17.9 Å². The van der Waals surface area contributed by atoms with Gasteiger partial charge in [0.1, 0.15) is 11.6 Å². The van der Waals surface area contributed by atoms with Crippen molar-refractivity contribution in [2.45, 2.75) is 20.3 Å². The number of anilines is 1. The topological polar surface area (TPSA) is 67.2 Å². The van der Waals surface area contributed by atoms with Crippen LogP contribution in [0.5, 0.6) is 0 Å². The van der Waals surface area contributed by atoms with E-state index in [9.17, 15) is 14.0 Å². The van der Waals surface area contributed by atoms with Crippen molar-refractivity contribution in [1.82, 2.24) is 14.7 Å². The second kappa shape index (κ2) is 9.14. The number of nitrogens with one attached hydrogen (secondary N) is 1. The van der Waals surface area contributed by atoms with E-state index < -0.39 is 0 Å². The fraction of sp³-hybridized carbons (Fsp3) is 0.227. The molecule has 3 aromatic rings. The highest BCUT2D eigenvalue weighted by atomic mass is 19.1. The second-order valence-electron chi connectivity index (χ2n) is 6.48. The molecule has 0 fully saturated rings. The quantitative estimate of drug-likeness (QED) is 0.661. The Morgan fingerprint density at radius 1 is 1.07 bits per heavy atom. The maximum atomic E-state index is 13.3. The molecule has 2 amide bonds. The maximum Gasteiger partial charge on any atom is 0.245 e. The van der Waals surface area contributed by atoms with Gasteiger partial charge in [-0.15, -0.1) is 0 Å². The molecule has 0 unspecified atom stereocenters. The summed E-state index contributed by atoms with van der Waals surface area (Å²) in [7, 11) is 0. The number of nitrogens with zero attached hydrogens (tertiary/aromatic N) is 3. The number of hydrogen-bond acceptors (Lipinski definition) is 3. The first kappa shape index (κ1) is 20.3. The zero-order valence-electron chi connectivity index (χ0n) is 16.4. The van der Waals surface area contributed by atoms with Gasteiger partial charge in [-0.05, 0) is 31.2 Å². The normalized spacial score (nSPS) is 10.6. The third-order valence-electron chi connectivity index (χ3n) is 4.49. The fourth-order valence-electron chi connectivity index (χ4n) is 2.95. The van der Waals surface area contributed by atoms with Gasteiger partial charge < -0.3 is 10.2 Å². The molecule has 1 aromatic heterocycles. The molecule has 0 spiro atoms. The summed E-state index contributed by atoms with van der Waals surface area (Å²) in [5.74, 6) is -0.317. The Morgan fingerprint density at radius 3 is 2.38 bits per heavy atom. The minimum atomic E-state index is -0.355.